The molecule has 9 heteroatoms. The molecule has 2 rings (SSSR count). The Morgan fingerprint density at radius 1 is 1.16 bits per heavy atom. The summed E-state index contributed by atoms with van der Waals surface area (Å²) >= 11 is 0. The summed E-state index contributed by atoms with van der Waals surface area (Å²) in [7, 11) is 1.42. The highest BCUT2D eigenvalue weighted by molar-refractivity contribution is 5.94. The van der Waals surface area contributed by atoms with Crippen molar-refractivity contribution in [3.63, 3.8) is 0 Å². The lowest BCUT2D eigenvalue weighted by molar-refractivity contribution is -0.149. The van der Waals surface area contributed by atoms with Crippen molar-refractivity contribution in [3.05, 3.63) is 36.1 Å². The minimum Gasteiger partial charge on any atom is -0.493 e. The van der Waals surface area contributed by atoms with E-state index >= 15 is 0 Å². The zero-order valence-electron chi connectivity index (χ0n) is 13.6. The number of Topliss-reactive ketones (excluding diaryl/α,β-unsaturated/α-hetero) is 1. The summed E-state index contributed by atoms with van der Waals surface area (Å²) in [6.45, 7) is 0.513. The molecule has 0 atom stereocenters. The third-order valence-electron chi connectivity index (χ3n) is 2.99. The fraction of sp³-hybridized carbons (Fsp3) is 0.250. The molecule has 0 unspecified atom stereocenters. The van der Waals surface area contributed by atoms with E-state index in [9.17, 15) is 14.4 Å². The molecule has 1 aromatic carbocycles. The van der Waals surface area contributed by atoms with Gasteiger partial charge in [-0.3, -0.25) is 9.59 Å². The molecule has 2 aromatic rings. The van der Waals surface area contributed by atoms with Gasteiger partial charge in [0.1, 0.15) is 6.26 Å². The van der Waals surface area contributed by atoms with Gasteiger partial charge in [0, 0.05) is 11.6 Å². The van der Waals surface area contributed by atoms with E-state index in [2.05, 4.69) is 15.0 Å². The predicted octanol–water partition coefficient (Wildman–Crippen LogP) is 1.45. The van der Waals surface area contributed by atoms with Crippen LogP contribution in [0.1, 0.15) is 17.3 Å². The predicted molar refractivity (Wildman–Crippen MR) is 84.6 cm³/mol. The molecule has 0 aliphatic heterocycles. The van der Waals surface area contributed by atoms with Gasteiger partial charge in [0.2, 0.25) is 0 Å². The van der Waals surface area contributed by atoms with Crippen molar-refractivity contribution < 1.29 is 33.1 Å². The minimum atomic E-state index is -0.743. The Bertz CT molecular complexity index is 756. The van der Waals surface area contributed by atoms with Gasteiger partial charge < -0.3 is 24.1 Å². The number of nitrogens with one attached hydrogen (secondary N) is 1. The number of amides is 1. The highest BCUT2D eigenvalue weighted by Gasteiger charge is 2.13. The number of hydrogen-bond donors (Lipinski definition) is 1. The first-order valence-electron chi connectivity index (χ1n) is 7.17. The molecule has 132 valence electrons. The molecule has 9 nitrogen and oxygen atoms in total. The van der Waals surface area contributed by atoms with E-state index in [4.69, 9.17) is 14.2 Å². The van der Waals surface area contributed by atoms with Crippen molar-refractivity contribution in [2.45, 2.75) is 6.92 Å². The Kier molecular flexibility index (Phi) is 6.10. The molecule has 0 fully saturated rings. The van der Waals surface area contributed by atoms with Crippen LogP contribution in [0.5, 0.6) is 11.5 Å². The Morgan fingerprint density at radius 3 is 2.60 bits per heavy atom. The van der Waals surface area contributed by atoms with E-state index in [0.29, 0.717) is 11.3 Å². The fourth-order valence-electron chi connectivity index (χ4n) is 1.79. The standard InChI is InChI=1S/C16H16N2O7/c1-10(19)11-3-4-12(13(7-11)22-2)23-9-16(21)24-8-15(20)17-14-5-6-25-18-14/h3-7H,8-9H2,1-2H3,(H,17,18,20). The number of nitrogens with zero attached hydrogens (tertiary/aromatic N) is 1. The molecule has 0 bridgehead atoms. The highest BCUT2D eigenvalue weighted by Crippen LogP contribution is 2.28. The van der Waals surface area contributed by atoms with E-state index in [1.165, 1.54) is 38.5 Å². The maximum atomic E-state index is 11.6. The lowest BCUT2D eigenvalue weighted by Crippen LogP contribution is -2.23. The smallest absolute Gasteiger partial charge is 0.344 e. The first-order valence-corrected chi connectivity index (χ1v) is 7.17. The van der Waals surface area contributed by atoms with Gasteiger partial charge in [0.05, 0.1) is 7.11 Å². The lowest BCUT2D eigenvalue weighted by Gasteiger charge is -2.11. The van der Waals surface area contributed by atoms with E-state index in [1.54, 1.807) is 6.07 Å². The molecule has 0 spiro atoms. The normalized spacial score (nSPS) is 10.0. The molecule has 0 saturated carbocycles. The Labute approximate surface area is 142 Å². The van der Waals surface area contributed by atoms with Crippen LogP contribution in [-0.2, 0) is 14.3 Å². The second-order valence-electron chi connectivity index (χ2n) is 4.80. The van der Waals surface area contributed by atoms with Gasteiger partial charge in [-0.05, 0) is 25.1 Å². The van der Waals surface area contributed by atoms with Crippen molar-refractivity contribution in [3.8, 4) is 11.5 Å². The maximum Gasteiger partial charge on any atom is 0.344 e. The highest BCUT2D eigenvalue weighted by atomic mass is 16.6. The van der Waals surface area contributed by atoms with Gasteiger partial charge in [0.15, 0.2) is 36.3 Å². The third kappa shape index (κ3) is 5.34. The van der Waals surface area contributed by atoms with Crippen LogP contribution in [0, 0.1) is 0 Å². The number of esters is 1. The van der Waals surface area contributed by atoms with Gasteiger partial charge in [-0.15, -0.1) is 0 Å². The quantitative estimate of drug-likeness (QED) is 0.563. The minimum absolute atomic E-state index is 0.123. The van der Waals surface area contributed by atoms with Gasteiger partial charge in [-0.25, -0.2) is 4.79 Å². The van der Waals surface area contributed by atoms with Crippen LogP contribution in [0.4, 0.5) is 5.82 Å². The number of aromatic nitrogens is 1. The molecule has 0 aliphatic carbocycles. The number of carbonyl (C=O) groups excluding carboxylic acids is 3. The summed E-state index contributed by atoms with van der Waals surface area (Å²) in [4.78, 5) is 34.5. The van der Waals surface area contributed by atoms with Crippen molar-refractivity contribution in [1.29, 1.82) is 0 Å². The molecular formula is C16H16N2O7. The zero-order chi connectivity index (χ0) is 18.2. The largest absolute Gasteiger partial charge is 0.493 e. The van der Waals surface area contributed by atoms with Crippen LogP contribution in [0.3, 0.4) is 0 Å². The van der Waals surface area contributed by atoms with E-state index < -0.39 is 25.1 Å². The lowest BCUT2D eigenvalue weighted by atomic mass is 10.1. The number of ketones is 1. The molecule has 0 saturated heterocycles. The Hall–Kier alpha value is -3.36. The summed E-state index contributed by atoms with van der Waals surface area (Å²) in [5.74, 6) is -0.630. The maximum absolute atomic E-state index is 11.6. The molecule has 25 heavy (non-hydrogen) atoms. The number of carbonyl (C=O) groups is 3. The van der Waals surface area contributed by atoms with Crippen LogP contribution in [0.15, 0.2) is 35.1 Å². The van der Waals surface area contributed by atoms with E-state index in [0.717, 1.165) is 0 Å². The Morgan fingerprint density at radius 2 is 1.96 bits per heavy atom. The zero-order valence-corrected chi connectivity index (χ0v) is 13.6. The van der Waals surface area contributed by atoms with Crippen LogP contribution in [0.2, 0.25) is 0 Å². The number of methoxy groups -OCH3 is 1. The summed E-state index contributed by atoms with van der Waals surface area (Å²) < 4.78 is 19.7. The monoisotopic (exact) mass is 348 g/mol. The summed E-state index contributed by atoms with van der Waals surface area (Å²) in [6, 6.07) is 6.02. The average molecular weight is 348 g/mol. The molecule has 1 heterocycles. The van der Waals surface area contributed by atoms with Crippen molar-refractivity contribution in [1.82, 2.24) is 5.16 Å². The van der Waals surface area contributed by atoms with Crippen LogP contribution < -0.4 is 14.8 Å². The number of benzene rings is 1. The van der Waals surface area contributed by atoms with Crippen molar-refractivity contribution in [2.75, 3.05) is 25.6 Å². The molecule has 1 amide bonds. The number of rotatable bonds is 8. The van der Waals surface area contributed by atoms with Crippen LogP contribution >= 0.6 is 0 Å². The second kappa shape index (κ2) is 8.48. The number of anilines is 1. The van der Waals surface area contributed by atoms with Crippen LogP contribution in [0.25, 0.3) is 0 Å². The van der Waals surface area contributed by atoms with Crippen molar-refractivity contribution in [2.24, 2.45) is 0 Å². The summed E-state index contributed by atoms with van der Waals surface area (Å²) in [6.07, 6.45) is 1.29. The van der Waals surface area contributed by atoms with Gasteiger partial charge in [-0.1, -0.05) is 5.16 Å². The molecule has 1 aromatic heterocycles. The summed E-state index contributed by atoms with van der Waals surface area (Å²) in [5, 5.41) is 5.86. The number of ether oxygens (including phenoxy) is 3. The van der Waals surface area contributed by atoms with E-state index in [1.807, 2.05) is 0 Å². The second-order valence-corrected chi connectivity index (χ2v) is 4.80. The molecule has 0 radical (unpaired) electrons. The third-order valence-corrected chi connectivity index (χ3v) is 2.99. The topological polar surface area (TPSA) is 117 Å². The fourth-order valence-corrected chi connectivity index (χ4v) is 1.79. The number of hydrogen-bond acceptors (Lipinski definition) is 8. The first-order chi connectivity index (χ1) is 12.0. The molecule has 1 N–H and O–H groups in total. The van der Waals surface area contributed by atoms with Gasteiger partial charge in [0.25, 0.3) is 5.91 Å². The van der Waals surface area contributed by atoms with Gasteiger partial charge in [-0.2, -0.15) is 0 Å². The molecule has 0 aliphatic rings. The Balaban J connectivity index is 1.81. The average Bonchev–Trinajstić information content (AvgIpc) is 3.10. The molecular weight excluding hydrogens is 332 g/mol. The van der Waals surface area contributed by atoms with Gasteiger partial charge >= 0.3 is 5.97 Å². The summed E-state index contributed by atoms with van der Waals surface area (Å²) in [5.41, 5.74) is 0.455. The van der Waals surface area contributed by atoms with Crippen molar-refractivity contribution >= 4 is 23.5 Å². The van der Waals surface area contributed by atoms with Crippen LogP contribution in [-0.4, -0.2) is 43.1 Å². The first kappa shape index (κ1) is 18.0. The SMILES string of the molecule is COc1cc(C(C)=O)ccc1OCC(=O)OCC(=O)Nc1ccon1. The van der Waals surface area contributed by atoms with E-state index in [-0.39, 0.29) is 17.4 Å².